The minimum Gasteiger partial charge on any atom is -0.804 e. The van der Waals surface area contributed by atoms with Crippen LogP contribution in [0.5, 0.6) is 0 Å². The van der Waals surface area contributed by atoms with E-state index in [1.165, 1.54) is 6.33 Å². The minimum atomic E-state index is 0.518. The maximum atomic E-state index is 11.1. The standard InChI is InChI=1S/C7H5BrN3O/c8-5-1-4(9)2-6-7(5)11(12)3-10-6/h1-3H,9H2/q-1. The topological polar surface area (TPSA) is 66.9 Å². The summed E-state index contributed by atoms with van der Waals surface area (Å²) in [6.45, 7) is 0. The Hall–Kier alpha value is -1.23. The van der Waals surface area contributed by atoms with Crippen LogP contribution >= 0.6 is 15.9 Å². The van der Waals surface area contributed by atoms with E-state index < -0.39 is 0 Å². The van der Waals surface area contributed by atoms with Gasteiger partial charge in [-0.25, -0.2) is 4.98 Å². The van der Waals surface area contributed by atoms with E-state index in [9.17, 15) is 5.21 Å². The lowest BCUT2D eigenvalue weighted by molar-refractivity contribution is 1.11. The lowest BCUT2D eigenvalue weighted by atomic mass is 10.3. The van der Waals surface area contributed by atoms with E-state index in [0.717, 1.165) is 0 Å². The first-order chi connectivity index (χ1) is 5.68. The molecule has 0 aliphatic rings. The van der Waals surface area contributed by atoms with Crippen LogP contribution in [0.1, 0.15) is 0 Å². The maximum Gasteiger partial charge on any atom is 0.0913 e. The van der Waals surface area contributed by atoms with Crippen LogP contribution in [0.4, 0.5) is 5.69 Å². The van der Waals surface area contributed by atoms with Crippen molar-refractivity contribution in [3.05, 3.63) is 28.1 Å². The molecule has 0 aliphatic carbocycles. The van der Waals surface area contributed by atoms with E-state index in [0.29, 0.717) is 25.9 Å². The molecule has 2 N–H and O–H groups in total. The van der Waals surface area contributed by atoms with Crippen LogP contribution < -0.4 is 5.73 Å². The van der Waals surface area contributed by atoms with Crippen molar-refractivity contribution in [3.8, 4) is 0 Å². The van der Waals surface area contributed by atoms with Gasteiger partial charge in [0.25, 0.3) is 0 Å². The van der Waals surface area contributed by atoms with E-state index in [-0.39, 0.29) is 0 Å². The number of imidazole rings is 1. The summed E-state index contributed by atoms with van der Waals surface area (Å²) >= 11 is 3.24. The van der Waals surface area contributed by atoms with Gasteiger partial charge in [-0.3, -0.25) is 0 Å². The van der Waals surface area contributed by atoms with E-state index >= 15 is 0 Å². The molecule has 1 heterocycles. The summed E-state index contributed by atoms with van der Waals surface area (Å²) in [5, 5.41) is 11.1. The zero-order valence-electron chi connectivity index (χ0n) is 5.99. The molecule has 0 radical (unpaired) electrons. The lowest BCUT2D eigenvalue weighted by Gasteiger charge is -2.07. The molecule has 1 aromatic heterocycles. The number of nitrogens with two attached hydrogens (primary N) is 1. The molecule has 4 nitrogen and oxygen atoms in total. The fourth-order valence-electron chi connectivity index (χ4n) is 1.09. The molecule has 0 fully saturated rings. The van der Waals surface area contributed by atoms with Crippen molar-refractivity contribution in [2.75, 3.05) is 5.73 Å². The van der Waals surface area contributed by atoms with E-state index in [1.54, 1.807) is 12.1 Å². The summed E-state index contributed by atoms with van der Waals surface area (Å²) < 4.78 is 1.38. The van der Waals surface area contributed by atoms with Crippen LogP contribution in [-0.4, -0.2) is 9.71 Å². The Morgan fingerprint density at radius 3 is 3.00 bits per heavy atom. The summed E-state index contributed by atoms with van der Waals surface area (Å²) in [6, 6.07) is 3.34. The Labute approximate surface area is 76.7 Å². The van der Waals surface area contributed by atoms with E-state index in [1.807, 2.05) is 0 Å². The van der Waals surface area contributed by atoms with E-state index in [4.69, 9.17) is 5.73 Å². The first-order valence-corrected chi connectivity index (χ1v) is 4.07. The second-order valence-electron chi connectivity index (χ2n) is 2.44. The predicted molar refractivity (Wildman–Crippen MR) is 50.6 cm³/mol. The first-order valence-electron chi connectivity index (χ1n) is 3.28. The molecule has 0 bridgehead atoms. The molecular weight excluding hydrogens is 222 g/mol. The van der Waals surface area contributed by atoms with Crippen molar-refractivity contribution in [3.63, 3.8) is 0 Å². The zero-order valence-corrected chi connectivity index (χ0v) is 7.58. The van der Waals surface area contributed by atoms with Crippen molar-refractivity contribution in [2.24, 2.45) is 0 Å². The van der Waals surface area contributed by atoms with Crippen molar-refractivity contribution >= 4 is 32.7 Å². The number of hydrogen-bond acceptors (Lipinski definition) is 3. The van der Waals surface area contributed by atoms with E-state index in [2.05, 4.69) is 20.9 Å². The highest BCUT2D eigenvalue weighted by Gasteiger charge is 2.02. The smallest absolute Gasteiger partial charge is 0.0913 e. The van der Waals surface area contributed by atoms with Crippen molar-refractivity contribution in [1.82, 2.24) is 9.71 Å². The van der Waals surface area contributed by atoms with Crippen LogP contribution in [0.2, 0.25) is 0 Å². The largest absolute Gasteiger partial charge is 0.804 e. The number of rotatable bonds is 0. The van der Waals surface area contributed by atoms with Gasteiger partial charge in [-0.2, -0.15) is 0 Å². The van der Waals surface area contributed by atoms with Gasteiger partial charge in [0.15, 0.2) is 0 Å². The van der Waals surface area contributed by atoms with Crippen LogP contribution in [0.3, 0.4) is 0 Å². The number of nitrogens with zero attached hydrogens (tertiary/aromatic N) is 2. The average molecular weight is 227 g/mol. The molecule has 2 rings (SSSR count). The van der Waals surface area contributed by atoms with Gasteiger partial charge in [-0.1, -0.05) is 0 Å². The van der Waals surface area contributed by atoms with Gasteiger partial charge in [0.05, 0.1) is 17.4 Å². The molecule has 0 unspecified atom stereocenters. The van der Waals surface area contributed by atoms with Gasteiger partial charge >= 0.3 is 0 Å². The van der Waals surface area contributed by atoms with Gasteiger partial charge in [0, 0.05) is 10.2 Å². The zero-order chi connectivity index (χ0) is 8.72. The summed E-state index contributed by atoms with van der Waals surface area (Å²) in [6.07, 6.45) is 1.22. The summed E-state index contributed by atoms with van der Waals surface area (Å²) in [5.74, 6) is 0. The number of hydrogen-bond donors (Lipinski definition) is 1. The number of halogens is 1. The van der Waals surface area contributed by atoms with Gasteiger partial charge in [0.1, 0.15) is 0 Å². The molecule has 2 aromatic rings. The van der Waals surface area contributed by atoms with Gasteiger partial charge < -0.3 is 15.7 Å². The van der Waals surface area contributed by atoms with Crippen LogP contribution in [0.25, 0.3) is 11.0 Å². The Morgan fingerprint density at radius 1 is 1.50 bits per heavy atom. The molecule has 0 saturated heterocycles. The first kappa shape index (κ1) is 7.42. The van der Waals surface area contributed by atoms with Gasteiger partial charge in [-0.05, 0) is 28.1 Å². The molecule has 1 aromatic carbocycles. The van der Waals surface area contributed by atoms with Crippen molar-refractivity contribution in [1.29, 1.82) is 0 Å². The van der Waals surface area contributed by atoms with Crippen molar-refractivity contribution in [2.45, 2.75) is 0 Å². The van der Waals surface area contributed by atoms with Crippen LogP contribution in [-0.2, 0) is 0 Å². The summed E-state index contributed by atoms with van der Waals surface area (Å²) in [5.41, 5.74) is 7.27. The molecule has 0 spiro atoms. The fourth-order valence-corrected chi connectivity index (χ4v) is 1.74. The Morgan fingerprint density at radius 2 is 2.25 bits per heavy atom. The normalized spacial score (nSPS) is 10.8. The quantitative estimate of drug-likeness (QED) is 0.696. The number of nitrogen functional groups attached to an aromatic ring is 1. The predicted octanol–water partition coefficient (Wildman–Crippen LogP) is 1.73. The molecule has 0 saturated carbocycles. The van der Waals surface area contributed by atoms with Crippen LogP contribution in [0, 0.1) is 5.21 Å². The average Bonchev–Trinajstić information content (AvgIpc) is 2.31. The Bertz CT molecular complexity index is 437. The van der Waals surface area contributed by atoms with Crippen LogP contribution in [0.15, 0.2) is 22.9 Å². The molecule has 5 heteroatoms. The molecule has 0 atom stereocenters. The minimum absolute atomic E-state index is 0.518. The number of anilines is 1. The molecule has 12 heavy (non-hydrogen) atoms. The molecule has 0 aliphatic heterocycles. The number of aromatic nitrogens is 2. The highest BCUT2D eigenvalue weighted by Crippen LogP contribution is 2.25. The summed E-state index contributed by atoms with van der Waals surface area (Å²) in [4.78, 5) is 3.88. The lowest BCUT2D eigenvalue weighted by Crippen LogP contribution is -1.87. The summed E-state index contributed by atoms with van der Waals surface area (Å²) in [7, 11) is 0. The second-order valence-corrected chi connectivity index (χ2v) is 3.30. The van der Waals surface area contributed by atoms with Gasteiger partial charge in [0.2, 0.25) is 0 Å². The SMILES string of the molecule is Nc1cc(Br)c2c(c1)ncn2[O-]. The Balaban J connectivity index is 2.93. The maximum absolute atomic E-state index is 11.1. The molecule has 0 amide bonds. The fraction of sp³-hybridized carbons (Fsp3) is 0. The van der Waals surface area contributed by atoms with Crippen molar-refractivity contribution < 1.29 is 0 Å². The molecule has 62 valence electrons. The highest BCUT2D eigenvalue weighted by atomic mass is 79.9. The number of benzene rings is 1. The Kier molecular flexibility index (Phi) is 1.47. The highest BCUT2D eigenvalue weighted by molar-refractivity contribution is 9.10. The number of fused-ring (bicyclic) bond motifs is 1. The molecular formula is C7H5BrN3O-. The third kappa shape index (κ3) is 0.937. The third-order valence-electron chi connectivity index (χ3n) is 1.59. The van der Waals surface area contributed by atoms with Gasteiger partial charge in [-0.15, -0.1) is 0 Å². The second kappa shape index (κ2) is 2.38. The third-order valence-corrected chi connectivity index (χ3v) is 2.19. The monoisotopic (exact) mass is 226 g/mol.